The maximum absolute atomic E-state index is 13.7. The summed E-state index contributed by atoms with van der Waals surface area (Å²) in [6, 6.07) is 11.3. The van der Waals surface area contributed by atoms with E-state index in [1.807, 2.05) is 31.2 Å². The molecule has 0 bridgehead atoms. The molecule has 5 heteroatoms. The van der Waals surface area contributed by atoms with E-state index in [-0.39, 0.29) is 16.6 Å². The van der Waals surface area contributed by atoms with E-state index in [1.54, 1.807) is 6.92 Å². The maximum atomic E-state index is 13.7. The van der Waals surface area contributed by atoms with Gasteiger partial charge in [0.1, 0.15) is 18.2 Å². The fraction of sp³-hybridized carbons (Fsp3) is 0.235. The molecule has 0 aliphatic rings. The number of benzene rings is 2. The SMILES string of the molecule is Cc1ccccc1OC[C@@H](C)NC(=O)c1ccc(Cl)cc1F. The molecule has 0 aromatic heterocycles. The van der Waals surface area contributed by atoms with Crippen LogP contribution < -0.4 is 10.1 Å². The summed E-state index contributed by atoms with van der Waals surface area (Å²) >= 11 is 5.67. The van der Waals surface area contributed by atoms with Crippen molar-refractivity contribution in [2.45, 2.75) is 19.9 Å². The van der Waals surface area contributed by atoms with Gasteiger partial charge in [0, 0.05) is 5.02 Å². The summed E-state index contributed by atoms with van der Waals surface area (Å²) in [6.07, 6.45) is 0. The number of halogens is 2. The quantitative estimate of drug-likeness (QED) is 0.904. The number of ether oxygens (including phenoxy) is 1. The zero-order valence-corrected chi connectivity index (χ0v) is 13.2. The van der Waals surface area contributed by atoms with Gasteiger partial charge in [-0.05, 0) is 43.7 Å². The summed E-state index contributed by atoms with van der Waals surface area (Å²) in [5.41, 5.74) is 0.983. The van der Waals surface area contributed by atoms with Crippen LogP contribution in [0.2, 0.25) is 5.02 Å². The van der Waals surface area contributed by atoms with Gasteiger partial charge in [0.25, 0.3) is 5.91 Å². The van der Waals surface area contributed by atoms with Crippen LogP contribution in [0.1, 0.15) is 22.8 Å². The first-order valence-corrected chi connectivity index (χ1v) is 7.29. The molecule has 1 atom stereocenters. The fourth-order valence-electron chi connectivity index (χ4n) is 1.95. The Bertz CT molecular complexity index is 675. The zero-order chi connectivity index (χ0) is 16.1. The normalized spacial score (nSPS) is 11.8. The van der Waals surface area contributed by atoms with Crippen LogP contribution in [0.3, 0.4) is 0 Å². The molecule has 0 aliphatic heterocycles. The van der Waals surface area contributed by atoms with Gasteiger partial charge < -0.3 is 10.1 Å². The van der Waals surface area contributed by atoms with Crippen molar-refractivity contribution >= 4 is 17.5 Å². The first kappa shape index (κ1) is 16.3. The highest BCUT2D eigenvalue weighted by Gasteiger charge is 2.15. The Labute approximate surface area is 134 Å². The first-order valence-electron chi connectivity index (χ1n) is 6.91. The van der Waals surface area contributed by atoms with E-state index >= 15 is 0 Å². The van der Waals surface area contributed by atoms with E-state index in [2.05, 4.69) is 5.32 Å². The van der Waals surface area contributed by atoms with Crippen molar-refractivity contribution < 1.29 is 13.9 Å². The molecule has 1 N–H and O–H groups in total. The highest BCUT2D eigenvalue weighted by atomic mass is 35.5. The van der Waals surface area contributed by atoms with E-state index < -0.39 is 11.7 Å². The van der Waals surface area contributed by atoms with Gasteiger partial charge in [0.15, 0.2) is 0 Å². The number of hydrogen-bond donors (Lipinski definition) is 1. The lowest BCUT2D eigenvalue weighted by Gasteiger charge is -2.16. The number of carbonyl (C=O) groups excluding carboxylic acids is 1. The number of hydrogen-bond acceptors (Lipinski definition) is 2. The molecule has 0 radical (unpaired) electrons. The number of rotatable bonds is 5. The van der Waals surface area contributed by atoms with Crippen LogP contribution in [0, 0.1) is 12.7 Å². The number of aryl methyl sites for hydroxylation is 1. The third-order valence-electron chi connectivity index (χ3n) is 3.14. The van der Waals surface area contributed by atoms with Gasteiger partial charge >= 0.3 is 0 Å². The zero-order valence-electron chi connectivity index (χ0n) is 12.4. The Kier molecular flexibility index (Phi) is 5.39. The molecule has 0 aliphatic carbocycles. The topological polar surface area (TPSA) is 38.3 Å². The first-order chi connectivity index (χ1) is 10.5. The molecular weight excluding hydrogens is 305 g/mol. The molecule has 22 heavy (non-hydrogen) atoms. The van der Waals surface area contributed by atoms with Gasteiger partial charge in [-0.3, -0.25) is 4.79 Å². The van der Waals surface area contributed by atoms with Gasteiger partial charge in [0.05, 0.1) is 11.6 Å². The fourth-order valence-corrected chi connectivity index (χ4v) is 2.11. The lowest BCUT2D eigenvalue weighted by Crippen LogP contribution is -2.37. The van der Waals surface area contributed by atoms with Crippen LogP contribution in [0.15, 0.2) is 42.5 Å². The van der Waals surface area contributed by atoms with E-state index in [0.29, 0.717) is 6.61 Å². The second-order valence-electron chi connectivity index (χ2n) is 5.08. The highest BCUT2D eigenvalue weighted by Crippen LogP contribution is 2.17. The molecule has 2 aromatic carbocycles. The van der Waals surface area contributed by atoms with Crippen LogP contribution >= 0.6 is 11.6 Å². The van der Waals surface area contributed by atoms with Crippen molar-refractivity contribution in [3.63, 3.8) is 0 Å². The molecule has 116 valence electrons. The number of para-hydroxylation sites is 1. The second kappa shape index (κ2) is 7.27. The van der Waals surface area contributed by atoms with Crippen molar-refractivity contribution in [3.8, 4) is 5.75 Å². The summed E-state index contributed by atoms with van der Waals surface area (Å²) < 4.78 is 19.3. The lowest BCUT2D eigenvalue weighted by atomic mass is 10.2. The van der Waals surface area contributed by atoms with Crippen molar-refractivity contribution in [1.29, 1.82) is 0 Å². The standard InChI is InChI=1S/C17H17ClFNO2/c1-11-5-3-4-6-16(11)22-10-12(2)20-17(21)14-8-7-13(18)9-15(14)19/h3-9,12H,10H2,1-2H3,(H,20,21)/t12-/m1/s1. The number of carbonyl (C=O) groups is 1. The van der Waals surface area contributed by atoms with E-state index in [1.165, 1.54) is 12.1 Å². The molecule has 0 saturated heterocycles. The Morgan fingerprint density at radius 3 is 2.73 bits per heavy atom. The predicted molar refractivity (Wildman–Crippen MR) is 85.0 cm³/mol. The monoisotopic (exact) mass is 321 g/mol. The molecule has 1 amide bonds. The van der Waals surface area contributed by atoms with Crippen molar-refractivity contribution in [2.24, 2.45) is 0 Å². The third-order valence-corrected chi connectivity index (χ3v) is 3.37. The van der Waals surface area contributed by atoms with Crippen LogP contribution in [-0.4, -0.2) is 18.6 Å². The van der Waals surface area contributed by atoms with Crippen LogP contribution in [0.25, 0.3) is 0 Å². The average molecular weight is 322 g/mol. The summed E-state index contributed by atoms with van der Waals surface area (Å²) in [5, 5.41) is 2.95. The lowest BCUT2D eigenvalue weighted by molar-refractivity contribution is 0.0922. The van der Waals surface area contributed by atoms with Crippen LogP contribution in [0.5, 0.6) is 5.75 Å². The van der Waals surface area contributed by atoms with Crippen LogP contribution in [0.4, 0.5) is 4.39 Å². The van der Waals surface area contributed by atoms with E-state index in [9.17, 15) is 9.18 Å². The molecule has 2 rings (SSSR count). The summed E-state index contributed by atoms with van der Waals surface area (Å²) in [5.74, 6) is -0.367. The van der Waals surface area contributed by atoms with Gasteiger partial charge in [-0.25, -0.2) is 4.39 Å². The third kappa shape index (κ3) is 4.21. The average Bonchev–Trinajstić information content (AvgIpc) is 2.46. The summed E-state index contributed by atoms with van der Waals surface area (Å²) in [7, 11) is 0. The molecule has 0 fully saturated rings. The Balaban J connectivity index is 1.93. The Hall–Kier alpha value is -2.07. The van der Waals surface area contributed by atoms with Crippen molar-refractivity contribution in [1.82, 2.24) is 5.32 Å². The van der Waals surface area contributed by atoms with Crippen molar-refractivity contribution in [2.75, 3.05) is 6.61 Å². The molecule has 0 heterocycles. The molecule has 0 saturated carbocycles. The van der Waals surface area contributed by atoms with E-state index in [0.717, 1.165) is 17.4 Å². The summed E-state index contributed by atoms with van der Waals surface area (Å²) in [6.45, 7) is 4.04. The molecule has 0 spiro atoms. The van der Waals surface area contributed by atoms with Gasteiger partial charge in [-0.2, -0.15) is 0 Å². The van der Waals surface area contributed by atoms with E-state index in [4.69, 9.17) is 16.3 Å². The van der Waals surface area contributed by atoms with Crippen molar-refractivity contribution in [3.05, 3.63) is 64.4 Å². The predicted octanol–water partition coefficient (Wildman–Crippen LogP) is 3.98. The number of nitrogens with one attached hydrogen (secondary N) is 1. The Morgan fingerprint density at radius 2 is 2.05 bits per heavy atom. The van der Waals surface area contributed by atoms with Gasteiger partial charge in [-0.15, -0.1) is 0 Å². The molecule has 0 unspecified atom stereocenters. The maximum Gasteiger partial charge on any atom is 0.254 e. The largest absolute Gasteiger partial charge is 0.491 e. The second-order valence-corrected chi connectivity index (χ2v) is 5.51. The van der Waals surface area contributed by atoms with Gasteiger partial charge in [-0.1, -0.05) is 29.8 Å². The molecule has 3 nitrogen and oxygen atoms in total. The molecular formula is C17H17ClFNO2. The van der Waals surface area contributed by atoms with Crippen LogP contribution in [-0.2, 0) is 0 Å². The highest BCUT2D eigenvalue weighted by molar-refractivity contribution is 6.30. The Morgan fingerprint density at radius 1 is 1.32 bits per heavy atom. The summed E-state index contributed by atoms with van der Waals surface area (Å²) in [4.78, 5) is 12.0. The number of amides is 1. The smallest absolute Gasteiger partial charge is 0.254 e. The minimum atomic E-state index is -0.642. The molecule has 2 aromatic rings. The minimum absolute atomic E-state index is 0.0351. The minimum Gasteiger partial charge on any atom is -0.491 e. The van der Waals surface area contributed by atoms with Gasteiger partial charge in [0.2, 0.25) is 0 Å².